The Hall–Kier alpha value is -1.76. The Morgan fingerprint density at radius 1 is 0.905 bits per heavy atom. The SMILES string of the molecule is Cc1cccc2c1[C@H]1[C@@H]3CC[C@@H](C3)[C@H]1N2c1ccccc1. The molecular formula is C20H21N. The van der Waals surface area contributed by atoms with Gasteiger partial charge in [0.05, 0.1) is 0 Å². The zero-order valence-corrected chi connectivity index (χ0v) is 12.5. The third kappa shape index (κ3) is 1.47. The summed E-state index contributed by atoms with van der Waals surface area (Å²) in [5, 5.41) is 0. The van der Waals surface area contributed by atoms with Crippen LogP contribution in [0.4, 0.5) is 11.4 Å². The van der Waals surface area contributed by atoms with Gasteiger partial charge in [-0.1, -0.05) is 30.3 Å². The highest BCUT2D eigenvalue weighted by Gasteiger charge is 2.55. The first kappa shape index (κ1) is 11.9. The van der Waals surface area contributed by atoms with Crippen LogP contribution < -0.4 is 4.90 Å². The van der Waals surface area contributed by atoms with Crippen molar-refractivity contribution < 1.29 is 0 Å². The van der Waals surface area contributed by atoms with Gasteiger partial charge < -0.3 is 4.90 Å². The molecule has 0 unspecified atom stereocenters. The molecule has 0 N–H and O–H groups in total. The molecule has 2 aromatic rings. The van der Waals surface area contributed by atoms with Crippen LogP contribution in [0.3, 0.4) is 0 Å². The lowest BCUT2D eigenvalue weighted by molar-refractivity contribution is 0.381. The second kappa shape index (κ2) is 4.13. The lowest BCUT2D eigenvalue weighted by atomic mass is 9.81. The Morgan fingerprint density at radius 2 is 1.71 bits per heavy atom. The van der Waals surface area contributed by atoms with E-state index < -0.39 is 0 Å². The summed E-state index contributed by atoms with van der Waals surface area (Å²) in [6, 6.07) is 18.6. The van der Waals surface area contributed by atoms with Crippen molar-refractivity contribution in [2.45, 2.75) is 38.1 Å². The molecule has 4 atom stereocenters. The number of benzene rings is 2. The molecule has 1 heteroatoms. The Bertz CT molecular complexity index is 690. The van der Waals surface area contributed by atoms with Crippen molar-refractivity contribution in [3.63, 3.8) is 0 Å². The van der Waals surface area contributed by atoms with Crippen LogP contribution >= 0.6 is 0 Å². The second-order valence-corrected chi connectivity index (χ2v) is 7.06. The lowest BCUT2D eigenvalue weighted by Gasteiger charge is -2.33. The average Bonchev–Trinajstić information content (AvgIpc) is 3.19. The maximum absolute atomic E-state index is 2.66. The lowest BCUT2D eigenvalue weighted by Crippen LogP contribution is -2.35. The highest BCUT2D eigenvalue weighted by Crippen LogP contribution is 2.62. The number of anilines is 2. The van der Waals surface area contributed by atoms with Gasteiger partial charge in [-0.25, -0.2) is 0 Å². The molecule has 2 aliphatic carbocycles. The largest absolute Gasteiger partial charge is 0.337 e. The van der Waals surface area contributed by atoms with Crippen molar-refractivity contribution in [2.75, 3.05) is 4.90 Å². The Balaban J connectivity index is 1.74. The van der Waals surface area contributed by atoms with E-state index in [1.54, 1.807) is 5.56 Å². The molecule has 1 heterocycles. The minimum atomic E-state index is 0.710. The first-order valence-corrected chi connectivity index (χ1v) is 8.28. The van der Waals surface area contributed by atoms with Gasteiger partial charge in [-0.3, -0.25) is 0 Å². The number of fused-ring (bicyclic) bond motifs is 7. The van der Waals surface area contributed by atoms with E-state index in [1.165, 1.54) is 36.2 Å². The molecule has 2 aromatic carbocycles. The quantitative estimate of drug-likeness (QED) is 0.705. The number of hydrogen-bond donors (Lipinski definition) is 0. The van der Waals surface area contributed by atoms with Crippen LogP contribution in [0.15, 0.2) is 48.5 Å². The summed E-state index contributed by atoms with van der Waals surface area (Å²) in [4.78, 5) is 2.66. The fourth-order valence-corrected chi connectivity index (χ4v) is 5.41. The first-order chi connectivity index (χ1) is 10.3. The van der Waals surface area contributed by atoms with Crippen molar-refractivity contribution in [1.82, 2.24) is 0 Å². The molecule has 1 aliphatic heterocycles. The summed E-state index contributed by atoms with van der Waals surface area (Å²) < 4.78 is 0. The summed E-state index contributed by atoms with van der Waals surface area (Å²) >= 11 is 0. The minimum Gasteiger partial charge on any atom is -0.337 e. The highest BCUT2D eigenvalue weighted by atomic mass is 15.2. The van der Waals surface area contributed by atoms with E-state index in [-0.39, 0.29) is 0 Å². The van der Waals surface area contributed by atoms with Crippen molar-refractivity contribution in [3.8, 4) is 0 Å². The van der Waals surface area contributed by atoms with Gasteiger partial charge in [-0.2, -0.15) is 0 Å². The predicted molar refractivity (Wildman–Crippen MR) is 87.1 cm³/mol. The molecule has 0 saturated heterocycles. The van der Waals surface area contributed by atoms with E-state index in [9.17, 15) is 0 Å². The van der Waals surface area contributed by atoms with Gasteiger partial charge in [-0.05, 0) is 67.3 Å². The number of nitrogens with zero attached hydrogens (tertiary/aromatic N) is 1. The maximum atomic E-state index is 2.66. The monoisotopic (exact) mass is 275 g/mol. The molecule has 0 amide bonds. The number of hydrogen-bond acceptors (Lipinski definition) is 1. The van der Waals surface area contributed by atoms with Crippen molar-refractivity contribution in [3.05, 3.63) is 59.7 Å². The van der Waals surface area contributed by atoms with Gasteiger partial charge in [0.2, 0.25) is 0 Å². The molecule has 5 rings (SSSR count). The van der Waals surface area contributed by atoms with Crippen LogP contribution in [0, 0.1) is 18.8 Å². The summed E-state index contributed by atoms with van der Waals surface area (Å²) in [6.45, 7) is 2.30. The summed E-state index contributed by atoms with van der Waals surface area (Å²) in [5.41, 5.74) is 6.00. The molecule has 2 fully saturated rings. The van der Waals surface area contributed by atoms with E-state index in [1.807, 2.05) is 0 Å². The third-order valence-corrected chi connectivity index (χ3v) is 6.10. The number of para-hydroxylation sites is 1. The molecule has 1 nitrogen and oxygen atoms in total. The molecule has 2 saturated carbocycles. The fourth-order valence-electron chi connectivity index (χ4n) is 5.41. The van der Waals surface area contributed by atoms with Crippen LogP contribution in [0.5, 0.6) is 0 Å². The zero-order valence-electron chi connectivity index (χ0n) is 12.5. The Labute approximate surface area is 126 Å². The molecule has 3 aliphatic rings. The van der Waals surface area contributed by atoms with Crippen LogP contribution in [0.1, 0.15) is 36.3 Å². The standard InChI is InChI=1S/C20H21N/c1-13-6-5-9-17-18(13)19-14-10-11-15(12-14)20(19)21(17)16-7-3-2-4-8-16/h2-9,14-15,19-20H,10-12H2,1H3/t14-,15+,19-,20-/m1/s1. The summed E-state index contributed by atoms with van der Waals surface area (Å²) in [6.07, 6.45) is 4.33. The van der Waals surface area contributed by atoms with E-state index in [0.29, 0.717) is 6.04 Å². The molecule has 2 bridgehead atoms. The summed E-state index contributed by atoms with van der Waals surface area (Å²) in [5.74, 6) is 2.60. The van der Waals surface area contributed by atoms with Gasteiger partial charge >= 0.3 is 0 Å². The van der Waals surface area contributed by atoms with E-state index in [0.717, 1.165) is 17.8 Å². The van der Waals surface area contributed by atoms with Crippen LogP contribution in [-0.4, -0.2) is 6.04 Å². The first-order valence-electron chi connectivity index (χ1n) is 8.28. The minimum absolute atomic E-state index is 0.710. The Kier molecular flexibility index (Phi) is 2.33. The van der Waals surface area contributed by atoms with Crippen molar-refractivity contribution >= 4 is 11.4 Å². The normalized spacial score (nSPS) is 32.3. The molecule has 106 valence electrons. The zero-order chi connectivity index (χ0) is 14.0. The topological polar surface area (TPSA) is 3.24 Å². The number of rotatable bonds is 1. The molecule has 0 radical (unpaired) electrons. The average molecular weight is 275 g/mol. The fraction of sp³-hybridized carbons (Fsp3) is 0.400. The van der Waals surface area contributed by atoms with Crippen LogP contribution in [0.2, 0.25) is 0 Å². The van der Waals surface area contributed by atoms with E-state index >= 15 is 0 Å². The molecule has 0 aromatic heterocycles. The van der Waals surface area contributed by atoms with Crippen molar-refractivity contribution in [1.29, 1.82) is 0 Å². The van der Waals surface area contributed by atoms with Crippen LogP contribution in [0.25, 0.3) is 0 Å². The highest BCUT2D eigenvalue weighted by molar-refractivity contribution is 5.75. The van der Waals surface area contributed by atoms with E-state index in [2.05, 4.69) is 60.4 Å². The molecule has 21 heavy (non-hydrogen) atoms. The number of aryl methyl sites for hydroxylation is 1. The smallest absolute Gasteiger partial charge is 0.0452 e. The van der Waals surface area contributed by atoms with Gasteiger partial charge in [0.25, 0.3) is 0 Å². The van der Waals surface area contributed by atoms with Gasteiger partial charge in [0.1, 0.15) is 0 Å². The predicted octanol–water partition coefficient (Wildman–Crippen LogP) is 5.03. The maximum Gasteiger partial charge on any atom is 0.0452 e. The van der Waals surface area contributed by atoms with Crippen LogP contribution in [-0.2, 0) is 0 Å². The second-order valence-electron chi connectivity index (χ2n) is 7.06. The third-order valence-electron chi connectivity index (χ3n) is 6.10. The summed E-state index contributed by atoms with van der Waals surface area (Å²) in [7, 11) is 0. The molecule has 0 spiro atoms. The van der Waals surface area contributed by atoms with Gasteiger partial charge in [0, 0.05) is 23.3 Å². The van der Waals surface area contributed by atoms with Gasteiger partial charge in [0.15, 0.2) is 0 Å². The van der Waals surface area contributed by atoms with E-state index in [4.69, 9.17) is 0 Å². The molecular weight excluding hydrogens is 254 g/mol. The van der Waals surface area contributed by atoms with Gasteiger partial charge in [-0.15, -0.1) is 0 Å². The van der Waals surface area contributed by atoms with Crippen molar-refractivity contribution in [2.24, 2.45) is 11.8 Å². The Morgan fingerprint density at radius 3 is 2.57 bits per heavy atom.